The molecule has 1 aliphatic heterocycles. The summed E-state index contributed by atoms with van der Waals surface area (Å²) in [5.74, 6) is 0.0220. The van der Waals surface area contributed by atoms with E-state index < -0.39 is 10.0 Å². The van der Waals surface area contributed by atoms with E-state index in [-0.39, 0.29) is 5.96 Å². The second kappa shape index (κ2) is 5.58. The van der Waals surface area contributed by atoms with Gasteiger partial charge in [-0.1, -0.05) is 12.1 Å². The fourth-order valence-corrected chi connectivity index (χ4v) is 3.54. The Bertz CT molecular complexity index is 556. The van der Waals surface area contributed by atoms with Crippen LogP contribution in [0.1, 0.15) is 18.4 Å². The number of aliphatic imine (C=N–C) groups is 1. The van der Waals surface area contributed by atoms with Crippen LogP contribution in [-0.2, 0) is 16.6 Å². The summed E-state index contributed by atoms with van der Waals surface area (Å²) in [5.41, 5.74) is 11.4. The van der Waals surface area contributed by atoms with Gasteiger partial charge >= 0.3 is 0 Å². The molecular formula is C12H18N4O2S. The zero-order chi connectivity index (χ0) is 13.9. The van der Waals surface area contributed by atoms with Crippen molar-refractivity contribution in [1.29, 1.82) is 0 Å². The largest absolute Gasteiger partial charge is 0.370 e. The maximum Gasteiger partial charge on any atom is 0.243 e. The van der Waals surface area contributed by atoms with Gasteiger partial charge in [-0.2, -0.15) is 4.31 Å². The third-order valence-corrected chi connectivity index (χ3v) is 4.98. The highest BCUT2D eigenvalue weighted by molar-refractivity contribution is 7.89. The highest BCUT2D eigenvalue weighted by Crippen LogP contribution is 2.21. The Morgan fingerprint density at radius 3 is 2.26 bits per heavy atom. The molecule has 6 nitrogen and oxygen atoms in total. The van der Waals surface area contributed by atoms with E-state index in [4.69, 9.17) is 11.5 Å². The number of sulfonamides is 1. The third-order valence-electron chi connectivity index (χ3n) is 3.07. The molecule has 104 valence electrons. The summed E-state index contributed by atoms with van der Waals surface area (Å²) in [6.07, 6.45) is 1.86. The van der Waals surface area contributed by atoms with Crippen molar-refractivity contribution in [2.24, 2.45) is 16.5 Å². The van der Waals surface area contributed by atoms with E-state index in [2.05, 4.69) is 4.99 Å². The van der Waals surface area contributed by atoms with Crippen molar-refractivity contribution in [3.63, 3.8) is 0 Å². The number of nitrogens with two attached hydrogens (primary N) is 2. The summed E-state index contributed by atoms with van der Waals surface area (Å²) in [7, 11) is -3.34. The molecule has 0 bridgehead atoms. The molecular weight excluding hydrogens is 264 g/mol. The average molecular weight is 282 g/mol. The topological polar surface area (TPSA) is 102 Å². The van der Waals surface area contributed by atoms with Gasteiger partial charge in [0, 0.05) is 13.1 Å². The monoisotopic (exact) mass is 282 g/mol. The van der Waals surface area contributed by atoms with Crippen LogP contribution in [0.3, 0.4) is 0 Å². The molecule has 1 fully saturated rings. The summed E-state index contributed by atoms with van der Waals surface area (Å²) >= 11 is 0. The first-order valence-corrected chi connectivity index (χ1v) is 7.58. The van der Waals surface area contributed by atoms with Gasteiger partial charge < -0.3 is 11.5 Å². The lowest BCUT2D eigenvalue weighted by molar-refractivity contribution is 0.477. The van der Waals surface area contributed by atoms with Gasteiger partial charge in [0.25, 0.3) is 0 Å². The molecule has 2 rings (SSSR count). The molecule has 1 heterocycles. The minimum Gasteiger partial charge on any atom is -0.370 e. The minimum atomic E-state index is -3.34. The predicted octanol–water partition coefficient (Wildman–Crippen LogP) is 0.244. The van der Waals surface area contributed by atoms with E-state index in [1.54, 1.807) is 24.3 Å². The molecule has 0 amide bonds. The summed E-state index contributed by atoms with van der Waals surface area (Å²) in [5, 5.41) is 0. The molecule has 19 heavy (non-hydrogen) atoms. The summed E-state index contributed by atoms with van der Waals surface area (Å²) in [6.45, 7) is 1.57. The van der Waals surface area contributed by atoms with Gasteiger partial charge in [-0.05, 0) is 30.5 Å². The molecule has 0 spiro atoms. The zero-order valence-electron chi connectivity index (χ0n) is 10.6. The lowest BCUT2D eigenvalue weighted by atomic mass is 10.2. The number of guanidine groups is 1. The van der Waals surface area contributed by atoms with E-state index >= 15 is 0 Å². The Hall–Kier alpha value is -1.60. The van der Waals surface area contributed by atoms with Crippen LogP contribution in [0.4, 0.5) is 0 Å². The Labute approximate surface area is 113 Å². The molecule has 7 heteroatoms. The zero-order valence-corrected chi connectivity index (χ0v) is 11.4. The first kappa shape index (κ1) is 13.8. The summed E-state index contributed by atoms with van der Waals surface area (Å²) < 4.78 is 26.1. The van der Waals surface area contributed by atoms with Gasteiger partial charge in [-0.15, -0.1) is 0 Å². The van der Waals surface area contributed by atoms with Crippen molar-refractivity contribution in [3.05, 3.63) is 29.8 Å². The first-order valence-electron chi connectivity index (χ1n) is 6.14. The van der Waals surface area contributed by atoms with Gasteiger partial charge in [-0.3, -0.25) is 0 Å². The second-order valence-corrected chi connectivity index (χ2v) is 6.43. The average Bonchev–Trinajstić information content (AvgIpc) is 2.91. The minimum absolute atomic E-state index is 0.0220. The van der Waals surface area contributed by atoms with Crippen LogP contribution < -0.4 is 11.5 Å². The van der Waals surface area contributed by atoms with E-state index in [1.807, 2.05) is 0 Å². The van der Waals surface area contributed by atoms with E-state index in [0.717, 1.165) is 18.4 Å². The number of hydrogen-bond donors (Lipinski definition) is 2. The van der Waals surface area contributed by atoms with Crippen LogP contribution in [0.2, 0.25) is 0 Å². The van der Waals surface area contributed by atoms with Crippen LogP contribution >= 0.6 is 0 Å². The van der Waals surface area contributed by atoms with Crippen molar-refractivity contribution in [3.8, 4) is 0 Å². The number of rotatable bonds is 4. The molecule has 0 radical (unpaired) electrons. The van der Waals surface area contributed by atoms with Crippen LogP contribution in [-0.4, -0.2) is 31.8 Å². The molecule has 0 aliphatic carbocycles. The van der Waals surface area contributed by atoms with E-state index in [1.165, 1.54) is 4.31 Å². The van der Waals surface area contributed by atoms with E-state index in [9.17, 15) is 8.42 Å². The van der Waals surface area contributed by atoms with Gasteiger partial charge in [0.15, 0.2) is 5.96 Å². The Balaban J connectivity index is 2.15. The smallest absolute Gasteiger partial charge is 0.243 e. The fraction of sp³-hybridized carbons (Fsp3) is 0.417. The van der Waals surface area contributed by atoms with Crippen LogP contribution in [0.25, 0.3) is 0 Å². The first-order chi connectivity index (χ1) is 9.00. The van der Waals surface area contributed by atoms with E-state index in [0.29, 0.717) is 24.5 Å². The van der Waals surface area contributed by atoms with Crippen LogP contribution in [0.15, 0.2) is 34.2 Å². The molecule has 1 aromatic carbocycles. The third kappa shape index (κ3) is 3.24. The second-order valence-electron chi connectivity index (χ2n) is 4.50. The summed E-state index contributed by atoms with van der Waals surface area (Å²) in [6, 6.07) is 6.67. The van der Waals surface area contributed by atoms with Crippen molar-refractivity contribution in [2.75, 3.05) is 13.1 Å². The Kier molecular flexibility index (Phi) is 4.06. The molecule has 1 saturated heterocycles. The quantitative estimate of drug-likeness (QED) is 0.610. The Morgan fingerprint density at radius 1 is 1.16 bits per heavy atom. The molecule has 0 saturated carbocycles. The lowest BCUT2D eigenvalue weighted by Crippen LogP contribution is -2.27. The number of nitrogens with zero attached hydrogens (tertiary/aromatic N) is 2. The van der Waals surface area contributed by atoms with Gasteiger partial charge in [0.2, 0.25) is 10.0 Å². The highest BCUT2D eigenvalue weighted by Gasteiger charge is 2.26. The van der Waals surface area contributed by atoms with Gasteiger partial charge in [0.1, 0.15) is 0 Å². The van der Waals surface area contributed by atoms with Crippen LogP contribution in [0.5, 0.6) is 0 Å². The maximum absolute atomic E-state index is 12.3. The fourth-order valence-electron chi connectivity index (χ4n) is 2.03. The SMILES string of the molecule is NC(N)=NCc1ccc(S(=O)(=O)N2CCCC2)cc1. The van der Waals surface area contributed by atoms with Crippen molar-refractivity contribution >= 4 is 16.0 Å². The molecule has 1 aliphatic rings. The molecule has 0 unspecified atom stereocenters. The normalized spacial score (nSPS) is 16.4. The molecule has 4 N–H and O–H groups in total. The lowest BCUT2D eigenvalue weighted by Gasteiger charge is -2.15. The van der Waals surface area contributed by atoms with Gasteiger partial charge in [0.05, 0.1) is 11.4 Å². The maximum atomic E-state index is 12.3. The number of hydrogen-bond acceptors (Lipinski definition) is 3. The van der Waals surface area contributed by atoms with Gasteiger partial charge in [-0.25, -0.2) is 13.4 Å². The predicted molar refractivity (Wildman–Crippen MR) is 73.9 cm³/mol. The Morgan fingerprint density at radius 2 is 1.74 bits per heavy atom. The van der Waals surface area contributed by atoms with Crippen LogP contribution in [0, 0.1) is 0 Å². The highest BCUT2D eigenvalue weighted by atomic mass is 32.2. The van der Waals surface area contributed by atoms with Crippen molar-refractivity contribution in [1.82, 2.24) is 4.31 Å². The van der Waals surface area contributed by atoms with Crippen molar-refractivity contribution in [2.45, 2.75) is 24.3 Å². The van der Waals surface area contributed by atoms with Crippen molar-refractivity contribution < 1.29 is 8.42 Å². The molecule has 0 atom stereocenters. The molecule has 0 aromatic heterocycles. The molecule has 1 aromatic rings. The number of benzene rings is 1. The standard InChI is InChI=1S/C12H18N4O2S/c13-12(14)15-9-10-3-5-11(6-4-10)19(17,18)16-7-1-2-8-16/h3-6H,1-2,7-9H2,(H4,13,14,15). The summed E-state index contributed by atoms with van der Waals surface area (Å²) in [4.78, 5) is 4.20.